The number of sulfonamides is 1. The van der Waals surface area contributed by atoms with Crippen LogP contribution in [-0.4, -0.2) is 38.1 Å². The van der Waals surface area contributed by atoms with Crippen molar-refractivity contribution in [2.45, 2.75) is 25.7 Å². The summed E-state index contributed by atoms with van der Waals surface area (Å²) in [5.74, 6) is -0.0755. The van der Waals surface area contributed by atoms with E-state index in [1.807, 2.05) is 24.3 Å². The molecular weight excluding hydrogens is 324 g/mol. The van der Waals surface area contributed by atoms with Crippen LogP contribution in [0.1, 0.15) is 24.8 Å². The van der Waals surface area contributed by atoms with Gasteiger partial charge >= 0.3 is 0 Å². The van der Waals surface area contributed by atoms with Gasteiger partial charge < -0.3 is 4.90 Å². The molecular formula is C15H21ClN2O3S. The van der Waals surface area contributed by atoms with Gasteiger partial charge in [0.05, 0.1) is 5.75 Å². The summed E-state index contributed by atoms with van der Waals surface area (Å²) in [4.78, 5) is 14.0. The maximum Gasteiger partial charge on any atom is 0.222 e. The van der Waals surface area contributed by atoms with E-state index >= 15 is 0 Å². The van der Waals surface area contributed by atoms with Gasteiger partial charge in [0.15, 0.2) is 0 Å². The van der Waals surface area contributed by atoms with E-state index in [-0.39, 0.29) is 17.6 Å². The molecule has 1 aromatic rings. The van der Waals surface area contributed by atoms with Gasteiger partial charge in [-0.25, -0.2) is 13.6 Å². The molecule has 1 atom stereocenters. The van der Waals surface area contributed by atoms with Crippen LogP contribution in [-0.2, 0) is 21.2 Å². The Balaban J connectivity index is 1.88. The lowest BCUT2D eigenvalue weighted by atomic mass is 9.99. The van der Waals surface area contributed by atoms with E-state index in [0.717, 1.165) is 18.4 Å². The van der Waals surface area contributed by atoms with Crippen molar-refractivity contribution in [2.24, 2.45) is 11.1 Å². The van der Waals surface area contributed by atoms with Gasteiger partial charge in [-0.3, -0.25) is 4.79 Å². The lowest BCUT2D eigenvalue weighted by molar-refractivity contribution is -0.132. The highest BCUT2D eigenvalue weighted by molar-refractivity contribution is 7.89. The number of nitrogens with two attached hydrogens (primary N) is 1. The smallest absolute Gasteiger partial charge is 0.222 e. The average Bonchev–Trinajstić information content (AvgIpc) is 2.44. The minimum Gasteiger partial charge on any atom is -0.342 e. The van der Waals surface area contributed by atoms with Crippen molar-refractivity contribution in [3.63, 3.8) is 0 Å². The Morgan fingerprint density at radius 1 is 1.36 bits per heavy atom. The van der Waals surface area contributed by atoms with Crippen LogP contribution >= 0.6 is 11.6 Å². The molecule has 22 heavy (non-hydrogen) atoms. The van der Waals surface area contributed by atoms with Gasteiger partial charge in [0.25, 0.3) is 0 Å². The molecule has 1 amide bonds. The fourth-order valence-electron chi connectivity index (χ4n) is 2.86. The van der Waals surface area contributed by atoms with Gasteiger partial charge in [-0.1, -0.05) is 29.8 Å². The summed E-state index contributed by atoms with van der Waals surface area (Å²) in [7, 11) is -3.49. The van der Waals surface area contributed by atoms with Gasteiger partial charge in [0.2, 0.25) is 15.9 Å². The first-order valence-electron chi connectivity index (χ1n) is 7.37. The summed E-state index contributed by atoms with van der Waals surface area (Å²) in [6.07, 6.45) is 2.59. The molecule has 7 heteroatoms. The molecule has 1 heterocycles. The zero-order chi connectivity index (χ0) is 16.2. The van der Waals surface area contributed by atoms with Crippen LogP contribution in [0.4, 0.5) is 0 Å². The van der Waals surface area contributed by atoms with Crippen molar-refractivity contribution >= 4 is 27.5 Å². The summed E-state index contributed by atoms with van der Waals surface area (Å²) < 4.78 is 22.4. The van der Waals surface area contributed by atoms with E-state index < -0.39 is 10.0 Å². The zero-order valence-corrected chi connectivity index (χ0v) is 13.9. The van der Waals surface area contributed by atoms with Gasteiger partial charge in [0, 0.05) is 24.5 Å². The standard InChI is InChI=1S/C15H21ClN2O3S/c16-14-6-2-1-5-13(14)7-8-15(19)18-9-3-4-12(10-18)11-22(17,20)21/h1-2,5-6,12H,3-4,7-11H2,(H2,17,20,21)/t12-/m1/s1. The highest BCUT2D eigenvalue weighted by Gasteiger charge is 2.26. The Labute approximate surface area is 136 Å². The molecule has 0 radical (unpaired) electrons. The summed E-state index contributed by atoms with van der Waals surface area (Å²) in [5, 5.41) is 5.76. The molecule has 0 aliphatic carbocycles. The molecule has 1 aliphatic rings. The Morgan fingerprint density at radius 2 is 2.09 bits per heavy atom. The molecule has 0 unspecified atom stereocenters. The van der Waals surface area contributed by atoms with E-state index in [1.54, 1.807) is 4.90 Å². The first-order chi connectivity index (χ1) is 10.3. The van der Waals surface area contributed by atoms with Gasteiger partial charge in [-0.2, -0.15) is 0 Å². The summed E-state index contributed by atoms with van der Waals surface area (Å²) >= 11 is 6.08. The number of aryl methyl sites for hydroxylation is 1. The number of hydrogen-bond acceptors (Lipinski definition) is 3. The van der Waals surface area contributed by atoms with E-state index in [1.165, 1.54) is 0 Å². The van der Waals surface area contributed by atoms with Crippen molar-refractivity contribution in [1.82, 2.24) is 4.90 Å². The monoisotopic (exact) mass is 344 g/mol. The number of amides is 1. The van der Waals surface area contributed by atoms with Gasteiger partial charge in [0.1, 0.15) is 0 Å². The second-order valence-corrected chi connectivity index (χ2v) is 7.84. The third kappa shape index (κ3) is 5.26. The number of likely N-dealkylation sites (tertiary alicyclic amines) is 1. The lowest BCUT2D eigenvalue weighted by Gasteiger charge is -2.32. The Morgan fingerprint density at radius 3 is 2.77 bits per heavy atom. The highest BCUT2D eigenvalue weighted by Crippen LogP contribution is 2.20. The van der Waals surface area contributed by atoms with Crippen LogP contribution in [0.5, 0.6) is 0 Å². The summed E-state index contributed by atoms with van der Waals surface area (Å²) in [5.41, 5.74) is 0.954. The van der Waals surface area contributed by atoms with Crippen LogP contribution in [0.3, 0.4) is 0 Å². The number of carbonyl (C=O) groups is 1. The van der Waals surface area contributed by atoms with Crippen LogP contribution < -0.4 is 5.14 Å². The molecule has 0 saturated carbocycles. The third-order valence-corrected chi connectivity index (χ3v) is 5.21. The first-order valence-corrected chi connectivity index (χ1v) is 9.46. The minimum atomic E-state index is -3.49. The number of hydrogen-bond donors (Lipinski definition) is 1. The van der Waals surface area contributed by atoms with Crippen molar-refractivity contribution in [3.8, 4) is 0 Å². The van der Waals surface area contributed by atoms with Crippen LogP contribution in [0.15, 0.2) is 24.3 Å². The van der Waals surface area contributed by atoms with E-state index in [4.69, 9.17) is 16.7 Å². The van der Waals surface area contributed by atoms with Crippen molar-refractivity contribution < 1.29 is 13.2 Å². The number of carbonyl (C=O) groups excluding carboxylic acids is 1. The third-order valence-electron chi connectivity index (χ3n) is 3.91. The number of primary sulfonamides is 1. The molecule has 0 aromatic heterocycles. The van der Waals surface area contributed by atoms with Crippen LogP contribution in [0.25, 0.3) is 0 Å². The highest BCUT2D eigenvalue weighted by atomic mass is 35.5. The second kappa shape index (κ2) is 7.44. The van der Waals surface area contributed by atoms with E-state index in [2.05, 4.69) is 0 Å². The first kappa shape index (κ1) is 17.2. The molecule has 5 nitrogen and oxygen atoms in total. The molecule has 1 fully saturated rings. The average molecular weight is 345 g/mol. The second-order valence-electron chi connectivity index (χ2n) is 5.77. The predicted octanol–water partition coefficient (Wildman–Crippen LogP) is 1.80. The van der Waals surface area contributed by atoms with E-state index in [0.29, 0.717) is 31.0 Å². The number of halogens is 1. The Bertz CT molecular complexity index is 633. The molecule has 1 aromatic carbocycles. The number of benzene rings is 1. The predicted molar refractivity (Wildman–Crippen MR) is 87.1 cm³/mol. The maximum absolute atomic E-state index is 12.3. The van der Waals surface area contributed by atoms with E-state index in [9.17, 15) is 13.2 Å². The summed E-state index contributed by atoms with van der Waals surface area (Å²) in [6, 6.07) is 7.48. The Kier molecular flexibility index (Phi) is 5.83. The lowest BCUT2D eigenvalue weighted by Crippen LogP contribution is -2.42. The molecule has 0 bridgehead atoms. The molecule has 122 valence electrons. The van der Waals surface area contributed by atoms with Crippen molar-refractivity contribution in [1.29, 1.82) is 0 Å². The minimum absolute atomic E-state index is 0.0408. The van der Waals surface area contributed by atoms with Crippen LogP contribution in [0.2, 0.25) is 5.02 Å². The number of piperidine rings is 1. The summed E-state index contributed by atoms with van der Waals surface area (Å²) in [6.45, 7) is 1.15. The largest absolute Gasteiger partial charge is 0.342 e. The van der Waals surface area contributed by atoms with Gasteiger partial charge in [-0.05, 0) is 36.8 Å². The Hall–Kier alpha value is -1.11. The maximum atomic E-state index is 12.3. The molecule has 0 spiro atoms. The number of nitrogens with zero attached hydrogens (tertiary/aromatic N) is 1. The zero-order valence-electron chi connectivity index (χ0n) is 12.4. The molecule has 2 N–H and O–H groups in total. The fraction of sp³-hybridized carbons (Fsp3) is 0.533. The SMILES string of the molecule is NS(=O)(=O)C[C@@H]1CCCN(C(=O)CCc2ccccc2Cl)C1. The fourth-order valence-corrected chi connectivity index (χ4v) is 4.02. The van der Waals surface area contributed by atoms with Crippen LogP contribution in [0, 0.1) is 5.92 Å². The quantitative estimate of drug-likeness (QED) is 0.884. The van der Waals surface area contributed by atoms with Crippen molar-refractivity contribution in [2.75, 3.05) is 18.8 Å². The number of rotatable bonds is 5. The topological polar surface area (TPSA) is 80.5 Å². The van der Waals surface area contributed by atoms with Crippen molar-refractivity contribution in [3.05, 3.63) is 34.9 Å². The molecule has 2 rings (SSSR count). The normalized spacial score (nSPS) is 19.2. The molecule has 1 aliphatic heterocycles. The van der Waals surface area contributed by atoms with Gasteiger partial charge in [-0.15, -0.1) is 0 Å². The molecule has 1 saturated heterocycles.